The summed E-state index contributed by atoms with van der Waals surface area (Å²) in [4.78, 5) is 21.7. The van der Waals surface area contributed by atoms with E-state index in [1.807, 2.05) is 30.3 Å². The monoisotopic (exact) mass is 285 g/mol. The number of rotatable bonds is 5. The first-order chi connectivity index (χ1) is 10.1. The summed E-state index contributed by atoms with van der Waals surface area (Å²) in [6.45, 7) is 0.502. The molecule has 0 saturated heterocycles. The van der Waals surface area contributed by atoms with E-state index >= 15 is 0 Å². The van der Waals surface area contributed by atoms with Crippen molar-refractivity contribution in [3.05, 3.63) is 36.4 Å². The minimum Gasteiger partial charge on any atom is -0.384 e. The second-order valence-corrected chi connectivity index (χ2v) is 4.83. The summed E-state index contributed by atoms with van der Waals surface area (Å²) in [5, 5.41) is 3.10. The normalized spacial score (nSPS) is 10.2. The van der Waals surface area contributed by atoms with Gasteiger partial charge in [0.1, 0.15) is 11.6 Å². The van der Waals surface area contributed by atoms with Crippen LogP contribution in [0.2, 0.25) is 0 Å². The molecule has 2 aromatic rings. The fraction of sp³-hybridized carbons (Fsp3) is 0.267. The molecule has 0 bridgehead atoms. The molecule has 0 aliphatic rings. The van der Waals surface area contributed by atoms with Crippen molar-refractivity contribution >= 4 is 17.5 Å². The van der Waals surface area contributed by atoms with Crippen LogP contribution in [0.1, 0.15) is 6.42 Å². The molecule has 6 heteroatoms. The van der Waals surface area contributed by atoms with Crippen molar-refractivity contribution < 1.29 is 4.79 Å². The molecule has 0 saturated carbocycles. The van der Waals surface area contributed by atoms with Gasteiger partial charge in [0.25, 0.3) is 0 Å². The first-order valence-electron chi connectivity index (χ1n) is 6.70. The minimum atomic E-state index is 0.0628. The molecule has 1 heterocycles. The molecule has 0 unspecified atom stereocenters. The Morgan fingerprint density at radius 1 is 1.24 bits per heavy atom. The zero-order valence-corrected chi connectivity index (χ0v) is 12.2. The average Bonchev–Trinajstić information content (AvgIpc) is 2.47. The SMILES string of the molecule is CN(C)C(=O)CCNc1cc(N)nc(-c2ccccc2)n1. The van der Waals surface area contributed by atoms with Gasteiger partial charge < -0.3 is 16.0 Å². The summed E-state index contributed by atoms with van der Waals surface area (Å²) < 4.78 is 0. The highest BCUT2D eigenvalue weighted by molar-refractivity contribution is 5.76. The topological polar surface area (TPSA) is 84.1 Å². The lowest BCUT2D eigenvalue weighted by molar-refractivity contribution is -0.128. The molecule has 6 nitrogen and oxygen atoms in total. The van der Waals surface area contributed by atoms with Crippen LogP contribution in [0.5, 0.6) is 0 Å². The molecule has 0 aliphatic heterocycles. The van der Waals surface area contributed by atoms with Gasteiger partial charge in [-0.3, -0.25) is 4.79 Å². The van der Waals surface area contributed by atoms with E-state index in [9.17, 15) is 4.79 Å². The molecule has 0 radical (unpaired) electrons. The minimum absolute atomic E-state index is 0.0628. The third-order valence-electron chi connectivity index (χ3n) is 2.92. The maximum atomic E-state index is 11.5. The number of carbonyl (C=O) groups is 1. The Morgan fingerprint density at radius 3 is 2.62 bits per heavy atom. The fourth-order valence-corrected chi connectivity index (χ4v) is 1.79. The van der Waals surface area contributed by atoms with Gasteiger partial charge in [0.05, 0.1) is 0 Å². The number of benzene rings is 1. The molecule has 2 rings (SSSR count). The van der Waals surface area contributed by atoms with E-state index in [-0.39, 0.29) is 5.91 Å². The van der Waals surface area contributed by atoms with Crippen molar-refractivity contribution in [3.63, 3.8) is 0 Å². The molecule has 0 fully saturated rings. The van der Waals surface area contributed by atoms with Crippen LogP contribution >= 0.6 is 0 Å². The van der Waals surface area contributed by atoms with Gasteiger partial charge >= 0.3 is 0 Å². The molecule has 0 aliphatic carbocycles. The van der Waals surface area contributed by atoms with Crippen molar-refractivity contribution in [2.45, 2.75) is 6.42 Å². The van der Waals surface area contributed by atoms with Crippen LogP contribution in [0.3, 0.4) is 0 Å². The highest BCUT2D eigenvalue weighted by atomic mass is 16.2. The maximum Gasteiger partial charge on any atom is 0.223 e. The fourth-order valence-electron chi connectivity index (χ4n) is 1.79. The van der Waals surface area contributed by atoms with Crippen LogP contribution in [-0.4, -0.2) is 41.4 Å². The summed E-state index contributed by atoms with van der Waals surface area (Å²) in [6.07, 6.45) is 0.400. The Labute approximate surface area is 124 Å². The van der Waals surface area contributed by atoms with Gasteiger partial charge in [-0.1, -0.05) is 30.3 Å². The second kappa shape index (κ2) is 6.69. The second-order valence-electron chi connectivity index (χ2n) is 4.83. The lowest BCUT2D eigenvalue weighted by Gasteiger charge is -2.11. The van der Waals surface area contributed by atoms with Crippen molar-refractivity contribution in [1.82, 2.24) is 14.9 Å². The number of aromatic nitrogens is 2. The standard InChI is InChI=1S/C15H19N5O/c1-20(2)14(21)8-9-17-13-10-12(16)18-15(19-13)11-6-4-3-5-7-11/h3-7,10H,8-9H2,1-2H3,(H3,16,17,18,19). The summed E-state index contributed by atoms with van der Waals surface area (Å²) >= 11 is 0. The predicted octanol–water partition coefficient (Wildman–Crippen LogP) is 1.62. The maximum absolute atomic E-state index is 11.5. The van der Waals surface area contributed by atoms with Crippen molar-refractivity contribution in [2.75, 3.05) is 31.7 Å². The summed E-state index contributed by atoms with van der Waals surface area (Å²) in [5.41, 5.74) is 6.71. The number of carbonyl (C=O) groups excluding carboxylic acids is 1. The Kier molecular flexibility index (Phi) is 4.71. The van der Waals surface area contributed by atoms with Crippen LogP contribution in [0.4, 0.5) is 11.6 Å². The number of hydrogen-bond acceptors (Lipinski definition) is 5. The van der Waals surface area contributed by atoms with Gasteiger partial charge in [0, 0.05) is 38.7 Å². The Bertz CT molecular complexity index is 613. The van der Waals surface area contributed by atoms with Crippen LogP contribution in [-0.2, 0) is 4.79 Å². The number of nitrogens with one attached hydrogen (secondary N) is 1. The number of amides is 1. The Balaban J connectivity index is 2.07. The first kappa shape index (κ1) is 14.8. The van der Waals surface area contributed by atoms with Gasteiger partial charge in [0.15, 0.2) is 5.82 Å². The van der Waals surface area contributed by atoms with Gasteiger partial charge in [-0.2, -0.15) is 0 Å². The molecule has 0 atom stereocenters. The van der Waals surface area contributed by atoms with Gasteiger partial charge in [-0.15, -0.1) is 0 Å². The van der Waals surface area contributed by atoms with E-state index in [4.69, 9.17) is 5.73 Å². The van der Waals surface area contributed by atoms with E-state index in [1.165, 1.54) is 0 Å². The number of nitrogens with zero attached hydrogens (tertiary/aromatic N) is 3. The number of hydrogen-bond donors (Lipinski definition) is 2. The molecule has 1 amide bonds. The number of nitrogens with two attached hydrogens (primary N) is 1. The van der Waals surface area contributed by atoms with Gasteiger partial charge in [-0.25, -0.2) is 9.97 Å². The highest BCUT2D eigenvalue weighted by Crippen LogP contribution is 2.18. The molecule has 3 N–H and O–H groups in total. The molecular weight excluding hydrogens is 266 g/mol. The average molecular weight is 285 g/mol. The summed E-state index contributed by atoms with van der Waals surface area (Å²) in [6, 6.07) is 11.3. The molecule has 21 heavy (non-hydrogen) atoms. The van der Waals surface area contributed by atoms with Gasteiger partial charge in [-0.05, 0) is 0 Å². The third-order valence-corrected chi connectivity index (χ3v) is 2.92. The van der Waals surface area contributed by atoms with Gasteiger partial charge in [0.2, 0.25) is 5.91 Å². The first-order valence-corrected chi connectivity index (χ1v) is 6.70. The zero-order valence-electron chi connectivity index (χ0n) is 12.2. The van der Waals surface area contributed by atoms with E-state index in [0.717, 1.165) is 5.56 Å². The number of nitrogen functional groups attached to an aromatic ring is 1. The molecule has 1 aromatic heterocycles. The smallest absolute Gasteiger partial charge is 0.223 e. The van der Waals surface area contributed by atoms with E-state index in [1.54, 1.807) is 25.1 Å². The summed E-state index contributed by atoms with van der Waals surface area (Å²) in [5.74, 6) is 1.64. The predicted molar refractivity (Wildman–Crippen MR) is 83.7 cm³/mol. The molecule has 1 aromatic carbocycles. The third kappa shape index (κ3) is 4.17. The van der Waals surface area contributed by atoms with Crippen molar-refractivity contribution in [2.24, 2.45) is 0 Å². The Morgan fingerprint density at radius 2 is 1.95 bits per heavy atom. The molecule has 110 valence electrons. The van der Waals surface area contributed by atoms with Crippen LogP contribution < -0.4 is 11.1 Å². The van der Waals surface area contributed by atoms with Crippen molar-refractivity contribution in [1.29, 1.82) is 0 Å². The van der Waals surface area contributed by atoms with Crippen LogP contribution in [0.15, 0.2) is 36.4 Å². The molecular formula is C15H19N5O. The zero-order chi connectivity index (χ0) is 15.2. The number of anilines is 2. The van der Waals surface area contributed by atoms with Crippen LogP contribution in [0.25, 0.3) is 11.4 Å². The quantitative estimate of drug-likeness (QED) is 0.872. The lowest BCUT2D eigenvalue weighted by Crippen LogP contribution is -2.24. The van der Waals surface area contributed by atoms with Crippen LogP contribution in [0, 0.1) is 0 Å². The Hall–Kier alpha value is -2.63. The summed E-state index contributed by atoms with van der Waals surface area (Å²) in [7, 11) is 3.47. The molecule has 0 spiro atoms. The highest BCUT2D eigenvalue weighted by Gasteiger charge is 2.06. The van der Waals surface area contributed by atoms with E-state index < -0.39 is 0 Å². The van der Waals surface area contributed by atoms with E-state index in [2.05, 4.69) is 15.3 Å². The lowest BCUT2D eigenvalue weighted by atomic mass is 10.2. The van der Waals surface area contributed by atoms with Crippen molar-refractivity contribution in [3.8, 4) is 11.4 Å². The largest absolute Gasteiger partial charge is 0.384 e. The van der Waals surface area contributed by atoms with E-state index in [0.29, 0.717) is 30.4 Å².